The molecule has 6 nitrogen and oxygen atoms in total. The van der Waals surface area contributed by atoms with Crippen LogP contribution >= 0.6 is 0 Å². The van der Waals surface area contributed by atoms with Gasteiger partial charge in [-0.1, -0.05) is 12.1 Å². The molecule has 2 heterocycles. The summed E-state index contributed by atoms with van der Waals surface area (Å²) >= 11 is 0. The van der Waals surface area contributed by atoms with Gasteiger partial charge in [0.15, 0.2) is 0 Å². The Bertz CT molecular complexity index is 823. The number of carbonyl (C=O) groups is 1. The number of nitrogens with one attached hydrogen (secondary N) is 3. The number of H-pyrrole nitrogens is 1. The Balaban J connectivity index is 1.59. The second-order valence-corrected chi connectivity index (χ2v) is 5.43. The molecule has 1 saturated carbocycles. The van der Waals surface area contributed by atoms with Crippen molar-refractivity contribution in [3.05, 3.63) is 42.7 Å². The van der Waals surface area contributed by atoms with Crippen LogP contribution < -0.4 is 10.6 Å². The minimum Gasteiger partial charge on any atom is -0.335 e. The fourth-order valence-corrected chi connectivity index (χ4v) is 2.33. The van der Waals surface area contributed by atoms with Gasteiger partial charge in [0.05, 0.1) is 11.0 Å². The molecule has 0 unspecified atom stereocenters. The molecule has 4 rings (SSSR count). The van der Waals surface area contributed by atoms with E-state index in [0.29, 0.717) is 12.0 Å². The lowest BCUT2D eigenvalue weighted by Crippen LogP contribution is -2.30. The molecule has 0 spiro atoms. The highest BCUT2D eigenvalue weighted by molar-refractivity contribution is 5.91. The molecule has 0 radical (unpaired) electrons. The second kappa shape index (κ2) is 5.14. The van der Waals surface area contributed by atoms with Crippen LogP contribution in [0, 0.1) is 0 Å². The summed E-state index contributed by atoms with van der Waals surface area (Å²) in [4.78, 5) is 23.4. The monoisotopic (exact) mass is 293 g/mol. The van der Waals surface area contributed by atoms with Gasteiger partial charge in [-0.05, 0) is 36.6 Å². The van der Waals surface area contributed by atoms with E-state index in [9.17, 15) is 4.79 Å². The molecule has 2 aromatic heterocycles. The van der Waals surface area contributed by atoms with Crippen LogP contribution in [0.5, 0.6) is 0 Å². The Kier molecular flexibility index (Phi) is 3.00. The number of pyridine rings is 1. The molecule has 0 aliphatic heterocycles. The lowest BCUT2D eigenvalue weighted by molar-refractivity contribution is 0.251. The van der Waals surface area contributed by atoms with Crippen molar-refractivity contribution in [1.29, 1.82) is 0 Å². The van der Waals surface area contributed by atoms with Gasteiger partial charge < -0.3 is 10.3 Å². The second-order valence-electron chi connectivity index (χ2n) is 5.43. The molecule has 3 aromatic rings. The zero-order chi connectivity index (χ0) is 14.9. The molecule has 1 aliphatic carbocycles. The average molecular weight is 293 g/mol. The van der Waals surface area contributed by atoms with E-state index in [2.05, 4.69) is 25.6 Å². The van der Waals surface area contributed by atoms with Gasteiger partial charge in [0.2, 0.25) is 5.95 Å². The zero-order valence-electron chi connectivity index (χ0n) is 11.8. The maximum absolute atomic E-state index is 11.7. The quantitative estimate of drug-likeness (QED) is 0.694. The van der Waals surface area contributed by atoms with Crippen molar-refractivity contribution in [3.8, 4) is 11.1 Å². The number of nitrogens with zero attached hydrogens (tertiary/aromatic N) is 2. The van der Waals surface area contributed by atoms with E-state index in [1.165, 1.54) is 0 Å². The highest BCUT2D eigenvalue weighted by atomic mass is 16.2. The maximum Gasteiger partial charge on any atom is 0.321 e. The number of hydrogen-bond acceptors (Lipinski definition) is 3. The standard InChI is InChI=1S/C16H15N5O/c22-16(18-12-4-5-12)21-15-19-13-6-3-10(8-14(13)20-15)11-2-1-7-17-9-11/h1-3,6-9,12H,4-5H2,(H3,18,19,20,21,22). The Hall–Kier alpha value is -2.89. The molecule has 2 amide bonds. The van der Waals surface area contributed by atoms with E-state index >= 15 is 0 Å². The predicted molar refractivity (Wildman–Crippen MR) is 84.5 cm³/mol. The van der Waals surface area contributed by atoms with Crippen molar-refractivity contribution < 1.29 is 4.79 Å². The first-order chi connectivity index (χ1) is 10.8. The third-order valence-electron chi connectivity index (χ3n) is 3.62. The van der Waals surface area contributed by atoms with Crippen molar-refractivity contribution in [2.75, 3.05) is 5.32 Å². The third-order valence-corrected chi connectivity index (χ3v) is 3.62. The van der Waals surface area contributed by atoms with E-state index in [-0.39, 0.29) is 6.03 Å². The minimum atomic E-state index is -0.214. The third kappa shape index (κ3) is 2.63. The molecule has 110 valence electrons. The van der Waals surface area contributed by atoms with E-state index in [0.717, 1.165) is 35.0 Å². The molecule has 1 fully saturated rings. The van der Waals surface area contributed by atoms with Crippen LogP contribution in [0.3, 0.4) is 0 Å². The average Bonchev–Trinajstić information content (AvgIpc) is 3.25. The first kappa shape index (κ1) is 12.8. The summed E-state index contributed by atoms with van der Waals surface area (Å²) < 4.78 is 0. The number of anilines is 1. The number of urea groups is 1. The van der Waals surface area contributed by atoms with Gasteiger partial charge in [0.1, 0.15) is 0 Å². The van der Waals surface area contributed by atoms with Crippen LogP contribution in [0.15, 0.2) is 42.7 Å². The molecule has 22 heavy (non-hydrogen) atoms. The van der Waals surface area contributed by atoms with Crippen LogP contribution in [0.4, 0.5) is 10.7 Å². The first-order valence-corrected chi connectivity index (χ1v) is 7.25. The smallest absolute Gasteiger partial charge is 0.321 e. The van der Waals surface area contributed by atoms with Crippen molar-refractivity contribution in [2.45, 2.75) is 18.9 Å². The summed E-state index contributed by atoms with van der Waals surface area (Å²) in [5.74, 6) is 0.455. The van der Waals surface area contributed by atoms with Crippen LogP contribution in [0.1, 0.15) is 12.8 Å². The molecule has 1 aromatic carbocycles. The van der Waals surface area contributed by atoms with Crippen LogP contribution in [0.25, 0.3) is 22.2 Å². The van der Waals surface area contributed by atoms with Gasteiger partial charge in [-0.25, -0.2) is 9.78 Å². The number of carbonyl (C=O) groups excluding carboxylic acids is 1. The lowest BCUT2D eigenvalue weighted by Gasteiger charge is -2.02. The summed E-state index contributed by atoms with van der Waals surface area (Å²) in [5, 5.41) is 5.60. The van der Waals surface area contributed by atoms with Gasteiger partial charge in [-0.3, -0.25) is 10.3 Å². The van der Waals surface area contributed by atoms with Gasteiger partial charge in [0.25, 0.3) is 0 Å². The zero-order valence-corrected chi connectivity index (χ0v) is 11.8. The number of amides is 2. The Morgan fingerprint density at radius 2 is 2.14 bits per heavy atom. The number of fused-ring (bicyclic) bond motifs is 1. The van der Waals surface area contributed by atoms with E-state index < -0.39 is 0 Å². The Morgan fingerprint density at radius 1 is 1.23 bits per heavy atom. The van der Waals surface area contributed by atoms with Crippen molar-refractivity contribution >= 4 is 23.0 Å². The molecule has 1 aliphatic rings. The molecule has 6 heteroatoms. The van der Waals surface area contributed by atoms with Gasteiger partial charge in [-0.2, -0.15) is 0 Å². The fourth-order valence-electron chi connectivity index (χ4n) is 2.33. The van der Waals surface area contributed by atoms with Crippen LogP contribution in [-0.4, -0.2) is 27.0 Å². The Labute approximate surface area is 127 Å². The van der Waals surface area contributed by atoms with Crippen LogP contribution in [0.2, 0.25) is 0 Å². The summed E-state index contributed by atoms with van der Waals surface area (Å²) in [6.07, 6.45) is 5.68. The normalized spacial score (nSPS) is 14.0. The maximum atomic E-state index is 11.7. The fraction of sp³-hybridized carbons (Fsp3) is 0.188. The highest BCUT2D eigenvalue weighted by Crippen LogP contribution is 2.24. The first-order valence-electron chi connectivity index (χ1n) is 7.25. The van der Waals surface area contributed by atoms with Gasteiger partial charge in [-0.15, -0.1) is 0 Å². The van der Waals surface area contributed by atoms with Gasteiger partial charge >= 0.3 is 6.03 Å². The minimum absolute atomic E-state index is 0.214. The molecule has 0 bridgehead atoms. The number of aromatic amines is 1. The molecular weight excluding hydrogens is 278 g/mol. The lowest BCUT2D eigenvalue weighted by atomic mass is 10.1. The number of hydrogen-bond donors (Lipinski definition) is 3. The van der Waals surface area contributed by atoms with Crippen LogP contribution in [-0.2, 0) is 0 Å². The molecule has 3 N–H and O–H groups in total. The van der Waals surface area contributed by atoms with Crippen molar-refractivity contribution in [1.82, 2.24) is 20.3 Å². The molecule has 0 saturated heterocycles. The van der Waals surface area contributed by atoms with E-state index in [4.69, 9.17) is 0 Å². The Morgan fingerprint density at radius 3 is 2.91 bits per heavy atom. The molecular formula is C16H15N5O. The van der Waals surface area contributed by atoms with E-state index in [1.807, 2.05) is 36.5 Å². The number of rotatable bonds is 3. The number of imidazole rings is 1. The summed E-state index contributed by atoms with van der Waals surface area (Å²) in [5.41, 5.74) is 3.77. The largest absolute Gasteiger partial charge is 0.335 e. The van der Waals surface area contributed by atoms with E-state index in [1.54, 1.807) is 6.20 Å². The molecule has 0 atom stereocenters. The topological polar surface area (TPSA) is 82.7 Å². The summed E-state index contributed by atoms with van der Waals surface area (Å²) in [7, 11) is 0. The number of aromatic nitrogens is 3. The van der Waals surface area contributed by atoms with Crippen molar-refractivity contribution in [2.24, 2.45) is 0 Å². The predicted octanol–water partition coefficient (Wildman–Crippen LogP) is 2.91. The van der Waals surface area contributed by atoms with Gasteiger partial charge in [0, 0.05) is 24.0 Å². The van der Waals surface area contributed by atoms with Crippen molar-refractivity contribution in [3.63, 3.8) is 0 Å². The SMILES string of the molecule is O=C(Nc1nc2cc(-c3cccnc3)ccc2[nH]1)NC1CC1. The summed E-state index contributed by atoms with van der Waals surface area (Å²) in [6, 6.07) is 9.95. The highest BCUT2D eigenvalue weighted by Gasteiger charge is 2.23. The number of benzene rings is 1. The summed E-state index contributed by atoms with van der Waals surface area (Å²) in [6.45, 7) is 0.